The lowest BCUT2D eigenvalue weighted by atomic mass is 9.84. The van der Waals surface area contributed by atoms with Gasteiger partial charge in [-0.3, -0.25) is 0 Å². The van der Waals surface area contributed by atoms with E-state index in [4.69, 9.17) is 4.74 Å². The molecule has 1 aliphatic rings. The molecular formula is C17H17FO2. The Labute approximate surface area is 117 Å². The highest BCUT2D eigenvalue weighted by atomic mass is 19.1. The number of benzene rings is 2. The number of hydrogen-bond donors (Lipinski definition) is 1. The van der Waals surface area contributed by atoms with Crippen LogP contribution in [0.1, 0.15) is 30.1 Å². The zero-order valence-corrected chi connectivity index (χ0v) is 11.4. The average Bonchev–Trinajstić information content (AvgIpc) is 2.47. The van der Waals surface area contributed by atoms with Crippen LogP contribution in [0.15, 0.2) is 36.4 Å². The zero-order chi connectivity index (χ0) is 14.1. The Bertz CT molecular complexity index is 637. The van der Waals surface area contributed by atoms with E-state index in [0.29, 0.717) is 11.3 Å². The van der Waals surface area contributed by atoms with Crippen molar-refractivity contribution in [3.05, 3.63) is 53.3 Å². The van der Waals surface area contributed by atoms with Crippen LogP contribution >= 0.6 is 0 Å². The van der Waals surface area contributed by atoms with E-state index in [9.17, 15) is 9.50 Å². The molecule has 0 fully saturated rings. The molecule has 1 N–H and O–H groups in total. The summed E-state index contributed by atoms with van der Waals surface area (Å²) in [6, 6.07) is 10.6. The Hall–Kier alpha value is -1.87. The Kier molecular flexibility index (Phi) is 3.45. The van der Waals surface area contributed by atoms with Gasteiger partial charge in [0.05, 0.1) is 13.2 Å². The minimum atomic E-state index is -0.431. The van der Waals surface area contributed by atoms with Crippen LogP contribution in [-0.4, -0.2) is 12.2 Å². The average molecular weight is 272 g/mol. The van der Waals surface area contributed by atoms with Gasteiger partial charge in [-0.25, -0.2) is 4.39 Å². The fourth-order valence-electron chi connectivity index (χ4n) is 2.92. The highest BCUT2D eigenvalue weighted by Gasteiger charge is 2.21. The van der Waals surface area contributed by atoms with Crippen molar-refractivity contribution in [3.63, 3.8) is 0 Å². The van der Waals surface area contributed by atoms with Crippen LogP contribution in [0.2, 0.25) is 0 Å². The van der Waals surface area contributed by atoms with Crippen molar-refractivity contribution in [1.29, 1.82) is 0 Å². The summed E-state index contributed by atoms with van der Waals surface area (Å²) in [7, 11) is 1.52. The van der Waals surface area contributed by atoms with E-state index in [1.54, 1.807) is 12.1 Å². The first-order valence-electron chi connectivity index (χ1n) is 6.84. The molecule has 3 rings (SSSR count). The van der Waals surface area contributed by atoms with Crippen LogP contribution < -0.4 is 4.74 Å². The first-order valence-corrected chi connectivity index (χ1v) is 6.84. The molecule has 0 bridgehead atoms. The molecule has 0 aromatic heterocycles. The van der Waals surface area contributed by atoms with Gasteiger partial charge in [-0.2, -0.15) is 0 Å². The normalized spacial score (nSPS) is 17.6. The van der Waals surface area contributed by atoms with Gasteiger partial charge in [0.2, 0.25) is 0 Å². The third-order valence-corrected chi connectivity index (χ3v) is 3.94. The third kappa shape index (κ3) is 2.18. The first-order chi connectivity index (χ1) is 9.70. The molecule has 20 heavy (non-hydrogen) atoms. The van der Waals surface area contributed by atoms with Crippen molar-refractivity contribution in [1.82, 2.24) is 0 Å². The van der Waals surface area contributed by atoms with E-state index in [1.165, 1.54) is 13.2 Å². The van der Waals surface area contributed by atoms with E-state index in [0.717, 1.165) is 36.0 Å². The van der Waals surface area contributed by atoms with E-state index in [2.05, 4.69) is 0 Å². The number of hydrogen-bond acceptors (Lipinski definition) is 2. The summed E-state index contributed by atoms with van der Waals surface area (Å²) in [5, 5.41) is 10.1. The molecule has 1 atom stereocenters. The fraction of sp³-hybridized carbons (Fsp3) is 0.294. The van der Waals surface area contributed by atoms with E-state index < -0.39 is 6.10 Å². The Morgan fingerprint density at radius 2 is 2.05 bits per heavy atom. The summed E-state index contributed by atoms with van der Waals surface area (Å²) >= 11 is 0. The molecule has 1 unspecified atom stereocenters. The maximum absolute atomic E-state index is 14.2. The number of ether oxygens (including phenoxy) is 1. The van der Waals surface area contributed by atoms with Crippen LogP contribution in [0.5, 0.6) is 5.75 Å². The number of halogens is 1. The number of fused-ring (bicyclic) bond motifs is 1. The molecule has 2 nitrogen and oxygen atoms in total. The summed E-state index contributed by atoms with van der Waals surface area (Å²) < 4.78 is 19.3. The lowest BCUT2D eigenvalue weighted by Gasteiger charge is -2.24. The maximum atomic E-state index is 14.2. The second-order valence-electron chi connectivity index (χ2n) is 5.13. The summed E-state index contributed by atoms with van der Waals surface area (Å²) in [5.41, 5.74) is 3.44. The Balaban J connectivity index is 2.13. The van der Waals surface area contributed by atoms with Gasteiger partial charge in [0.25, 0.3) is 0 Å². The maximum Gasteiger partial charge on any atom is 0.134 e. The lowest BCUT2D eigenvalue weighted by molar-refractivity contribution is 0.156. The molecule has 3 heteroatoms. The molecule has 2 aromatic rings. The second-order valence-corrected chi connectivity index (χ2v) is 5.13. The number of methoxy groups -OCH3 is 1. The van der Waals surface area contributed by atoms with Gasteiger partial charge in [-0.1, -0.05) is 18.2 Å². The van der Waals surface area contributed by atoms with Crippen LogP contribution in [0.4, 0.5) is 4.39 Å². The Morgan fingerprint density at radius 3 is 2.80 bits per heavy atom. The molecule has 0 radical (unpaired) electrons. The van der Waals surface area contributed by atoms with Gasteiger partial charge >= 0.3 is 0 Å². The Morgan fingerprint density at radius 1 is 1.20 bits per heavy atom. The number of aliphatic hydroxyl groups excluding tert-OH is 1. The highest BCUT2D eigenvalue weighted by Crippen LogP contribution is 2.37. The molecule has 0 spiro atoms. The molecule has 0 saturated carbocycles. The minimum Gasteiger partial charge on any atom is -0.497 e. The van der Waals surface area contributed by atoms with Crippen molar-refractivity contribution in [2.24, 2.45) is 0 Å². The molecule has 1 aliphatic carbocycles. The summed E-state index contributed by atoms with van der Waals surface area (Å²) in [4.78, 5) is 0. The number of rotatable bonds is 2. The molecule has 0 amide bonds. The van der Waals surface area contributed by atoms with Crippen LogP contribution in [0.25, 0.3) is 11.1 Å². The standard InChI is InChI=1S/C17H17FO2/c1-20-11-8-9-14(16(18)10-11)12-4-2-6-15-13(12)5-3-7-17(15)19/h2,4,6,8-10,17,19H,3,5,7H2,1H3. The molecule has 104 valence electrons. The monoisotopic (exact) mass is 272 g/mol. The van der Waals surface area contributed by atoms with Gasteiger partial charge in [0, 0.05) is 11.6 Å². The van der Waals surface area contributed by atoms with Crippen molar-refractivity contribution in [3.8, 4) is 16.9 Å². The van der Waals surface area contributed by atoms with Crippen molar-refractivity contribution in [2.45, 2.75) is 25.4 Å². The van der Waals surface area contributed by atoms with Gasteiger partial charge < -0.3 is 9.84 Å². The molecule has 0 heterocycles. The molecular weight excluding hydrogens is 255 g/mol. The van der Waals surface area contributed by atoms with E-state index >= 15 is 0 Å². The van der Waals surface area contributed by atoms with Crippen LogP contribution in [0.3, 0.4) is 0 Å². The van der Waals surface area contributed by atoms with Gasteiger partial charge in [0.15, 0.2) is 0 Å². The molecule has 0 aliphatic heterocycles. The highest BCUT2D eigenvalue weighted by molar-refractivity contribution is 5.70. The molecule has 2 aromatic carbocycles. The minimum absolute atomic E-state index is 0.294. The number of aliphatic hydroxyl groups is 1. The van der Waals surface area contributed by atoms with Crippen molar-refractivity contribution in [2.75, 3.05) is 7.11 Å². The van der Waals surface area contributed by atoms with Crippen LogP contribution in [0, 0.1) is 5.82 Å². The summed E-state index contributed by atoms with van der Waals surface area (Å²) in [5.74, 6) is 0.217. The lowest BCUT2D eigenvalue weighted by Crippen LogP contribution is -2.10. The fourth-order valence-corrected chi connectivity index (χ4v) is 2.92. The van der Waals surface area contributed by atoms with E-state index in [-0.39, 0.29) is 5.82 Å². The van der Waals surface area contributed by atoms with Gasteiger partial charge in [-0.15, -0.1) is 0 Å². The summed E-state index contributed by atoms with van der Waals surface area (Å²) in [6.45, 7) is 0. The van der Waals surface area contributed by atoms with Gasteiger partial charge in [-0.05, 0) is 48.1 Å². The largest absolute Gasteiger partial charge is 0.497 e. The van der Waals surface area contributed by atoms with Gasteiger partial charge in [0.1, 0.15) is 11.6 Å². The predicted molar refractivity (Wildman–Crippen MR) is 76.3 cm³/mol. The third-order valence-electron chi connectivity index (χ3n) is 3.94. The first kappa shape index (κ1) is 13.1. The predicted octanol–water partition coefficient (Wildman–Crippen LogP) is 3.87. The quantitative estimate of drug-likeness (QED) is 0.899. The topological polar surface area (TPSA) is 29.5 Å². The SMILES string of the molecule is COc1ccc(-c2cccc3c2CCCC3O)c(F)c1. The van der Waals surface area contributed by atoms with Crippen molar-refractivity contribution >= 4 is 0 Å². The summed E-state index contributed by atoms with van der Waals surface area (Å²) in [6.07, 6.45) is 2.17. The zero-order valence-electron chi connectivity index (χ0n) is 11.4. The van der Waals surface area contributed by atoms with E-state index in [1.807, 2.05) is 18.2 Å². The smallest absolute Gasteiger partial charge is 0.134 e. The second kappa shape index (κ2) is 5.25. The van der Waals surface area contributed by atoms with Crippen molar-refractivity contribution < 1.29 is 14.2 Å². The van der Waals surface area contributed by atoms with Crippen LogP contribution in [-0.2, 0) is 6.42 Å². The molecule has 0 saturated heterocycles.